The van der Waals surface area contributed by atoms with Gasteiger partial charge in [-0.25, -0.2) is 0 Å². The van der Waals surface area contributed by atoms with Gasteiger partial charge in [0.1, 0.15) is 0 Å². The van der Waals surface area contributed by atoms with Crippen LogP contribution in [0.15, 0.2) is 36.4 Å². The molecule has 0 aliphatic rings. The van der Waals surface area contributed by atoms with Gasteiger partial charge < -0.3 is 0 Å². The minimum atomic E-state index is -1.50. The van der Waals surface area contributed by atoms with Gasteiger partial charge in [-0.15, -0.1) is 0 Å². The van der Waals surface area contributed by atoms with E-state index in [1.165, 1.54) is 29.3 Å². The van der Waals surface area contributed by atoms with Crippen LogP contribution in [0.5, 0.6) is 0 Å². The van der Waals surface area contributed by atoms with Crippen LogP contribution in [-0.2, 0) is 0 Å². The fourth-order valence-electron chi connectivity index (χ4n) is 1.59. The third-order valence-corrected chi connectivity index (χ3v) is 10.5. The Morgan fingerprint density at radius 1 is 1.12 bits per heavy atom. The van der Waals surface area contributed by atoms with Crippen LogP contribution in [0.2, 0.25) is 14.3 Å². The van der Waals surface area contributed by atoms with E-state index in [0.717, 1.165) is 0 Å². The van der Waals surface area contributed by atoms with Crippen molar-refractivity contribution in [3.8, 4) is 0 Å². The summed E-state index contributed by atoms with van der Waals surface area (Å²) < 4.78 is 1.52. The summed E-state index contributed by atoms with van der Waals surface area (Å²) in [6.07, 6.45) is 8.55. The molecule has 0 aromatic heterocycles. The molecule has 0 saturated carbocycles. The van der Waals surface area contributed by atoms with Crippen molar-refractivity contribution >= 4 is 39.1 Å². The molecule has 2 heteroatoms. The molecule has 0 spiro atoms. The van der Waals surface area contributed by atoms with Gasteiger partial charge in [0, 0.05) is 0 Å². The first-order valence-corrected chi connectivity index (χ1v) is 22.0. The normalized spacial score (nSPS) is 12.2. The van der Waals surface area contributed by atoms with Gasteiger partial charge in [0.25, 0.3) is 0 Å². The number of hydrogen-bond donors (Lipinski definition) is 0. The quantitative estimate of drug-likeness (QED) is 0.314. The van der Waals surface area contributed by atoms with E-state index in [1.807, 2.05) is 0 Å². The summed E-state index contributed by atoms with van der Waals surface area (Å²) in [7, 11) is 0. The van der Waals surface area contributed by atoms with Gasteiger partial charge in [-0.2, -0.15) is 0 Å². The van der Waals surface area contributed by atoms with Gasteiger partial charge in [-0.05, 0) is 0 Å². The van der Waals surface area contributed by atoms with E-state index in [9.17, 15) is 0 Å². The molecule has 0 aliphatic heterocycles. The van der Waals surface area contributed by atoms with E-state index in [0.29, 0.717) is 0 Å². The standard InChI is InChI=1S/C12H15.2CH3.HI.Sn/c1-2-3-4-6-9-12-10-7-5-8-11-12;;;;/h5-11H,1-4H2;2*1H3;1H;/q;;;;+1/p-1. The molecule has 0 fully saturated rings. The van der Waals surface area contributed by atoms with E-state index in [2.05, 4.69) is 71.0 Å². The Bertz CT molecular complexity index is 311. The average molecular weight is 435 g/mol. The van der Waals surface area contributed by atoms with Crippen LogP contribution in [0.4, 0.5) is 0 Å². The van der Waals surface area contributed by atoms with Gasteiger partial charge in [0.05, 0.1) is 0 Å². The molecule has 1 rings (SSSR count). The molecule has 0 N–H and O–H groups in total. The summed E-state index contributed by atoms with van der Waals surface area (Å²) in [5, 5.41) is 0. The zero-order chi connectivity index (χ0) is 11.9. The Morgan fingerprint density at radius 2 is 1.81 bits per heavy atom. The fourth-order valence-corrected chi connectivity index (χ4v) is 7.26. The Kier molecular flexibility index (Phi) is 7.04. The molecule has 88 valence electrons. The first kappa shape index (κ1) is 14.5. The molecule has 0 radical (unpaired) electrons. The molecular weight excluding hydrogens is 414 g/mol. The van der Waals surface area contributed by atoms with E-state index >= 15 is 0 Å². The van der Waals surface area contributed by atoms with Crippen molar-refractivity contribution in [1.82, 2.24) is 0 Å². The average Bonchev–Trinajstić information content (AvgIpc) is 2.23. The first-order chi connectivity index (χ1) is 7.58. The van der Waals surface area contributed by atoms with Gasteiger partial charge in [0.15, 0.2) is 0 Å². The third kappa shape index (κ3) is 7.71. The van der Waals surface area contributed by atoms with E-state index in [1.54, 1.807) is 0 Å². The molecule has 1 aromatic rings. The van der Waals surface area contributed by atoms with Crippen molar-refractivity contribution in [3.63, 3.8) is 0 Å². The second kappa shape index (κ2) is 7.75. The number of halogens is 1. The van der Waals surface area contributed by atoms with Gasteiger partial charge in [-0.1, -0.05) is 0 Å². The summed E-state index contributed by atoms with van der Waals surface area (Å²) in [6, 6.07) is 10.5. The van der Waals surface area contributed by atoms with Crippen molar-refractivity contribution < 1.29 is 0 Å². The minimum absolute atomic E-state index is 1.23. The van der Waals surface area contributed by atoms with Crippen molar-refractivity contribution in [3.05, 3.63) is 42.0 Å². The SMILES string of the molecule is [CH3][Sn]([CH3])([I])[CH2]CCCC=Cc1ccccc1. The van der Waals surface area contributed by atoms with Crippen molar-refractivity contribution in [2.75, 3.05) is 0 Å². The van der Waals surface area contributed by atoms with Crippen molar-refractivity contribution in [2.45, 2.75) is 33.6 Å². The number of hydrogen-bond acceptors (Lipinski definition) is 0. The summed E-state index contributed by atoms with van der Waals surface area (Å²) in [4.78, 5) is 5.02. The maximum absolute atomic E-state index is 2.74. The van der Waals surface area contributed by atoms with E-state index in [-0.39, 0.29) is 0 Å². The van der Waals surface area contributed by atoms with Crippen LogP contribution in [0.1, 0.15) is 24.8 Å². The van der Waals surface area contributed by atoms with Gasteiger partial charge >= 0.3 is 115 Å². The summed E-state index contributed by atoms with van der Waals surface area (Å²) in [5.41, 5.74) is 1.32. The molecule has 0 atom stereocenters. The van der Waals surface area contributed by atoms with Crippen LogP contribution >= 0.6 is 18.6 Å². The second-order valence-corrected chi connectivity index (χ2v) is 35.6. The Labute approximate surface area is 114 Å². The van der Waals surface area contributed by atoms with E-state index in [4.69, 9.17) is 0 Å². The number of rotatable bonds is 6. The van der Waals surface area contributed by atoms with Gasteiger partial charge in [-0.3, -0.25) is 0 Å². The Hall–Kier alpha value is 0.489. The molecule has 16 heavy (non-hydrogen) atoms. The molecule has 1 aromatic carbocycles. The molecule has 0 unspecified atom stereocenters. The number of benzene rings is 1. The van der Waals surface area contributed by atoms with Crippen LogP contribution in [0.3, 0.4) is 0 Å². The zero-order valence-electron chi connectivity index (χ0n) is 10.2. The molecule has 0 nitrogen and oxygen atoms in total. The second-order valence-electron chi connectivity index (χ2n) is 4.78. The maximum atomic E-state index is 2.74. The molecule has 0 heterocycles. The van der Waals surface area contributed by atoms with E-state index < -0.39 is 14.4 Å². The molecule has 0 bridgehead atoms. The summed E-state index contributed by atoms with van der Waals surface area (Å²) in [6.45, 7) is 0. The third-order valence-electron chi connectivity index (χ3n) is 2.50. The number of allylic oxidation sites excluding steroid dienone is 1. The van der Waals surface area contributed by atoms with Gasteiger partial charge in [0.2, 0.25) is 0 Å². The van der Waals surface area contributed by atoms with Crippen LogP contribution in [0.25, 0.3) is 6.08 Å². The predicted molar refractivity (Wildman–Crippen MR) is 85.6 cm³/mol. The molecule has 0 amide bonds. The zero-order valence-corrected chi connectivity index (χ0v) is 15.3. The number of unbranched alkanes of at least 4 members (excludes halogenated alkanes) is 2. The summed E-state index contributed by atoms with van der Waals surface area (Å²) >= 11 is 1.24. The van der Waals surface area contributed by atoms with Crippen molar-refractivity contribution in [1.29, 1.82) is 0 Å². The summed E-state index contributed by atoms with van der Waals surface area (Å²) in [5.74, 6) is 0. The molecule has 0 saturated heterocycles. The first-order valence-electron chi connectivity index (χ1n) is 5.98. The fraction of sp³-hybridized carbons (Fsp3) is 0.429. The molecular formula is C14H21ISn. The van der Waals surface area contributed by atoms with Crippen LogP contribution in [0, 0.1) is 0 Å². The topological polar surface area (TPSA) is 0 Å². The van der Waals surface area contributed by atoms with Crippen LogP contribution < -0.4 is 0 Å². The monoisotopic (exact) mass is 436 g/mol. The molecule has 0 aliphatic carbocycles. The Morgan fingerprint density at radius 3 is 2.44 bits per heavy atom. The van der Waals surface area contributed by atoms with Crippen LogP contribution in [-0.4, -0.2) is 14.4 Å². The predicted octanol–water partition coefficient (Wildman–Crippen LogP) is 5.51. The Balaban J connectivity index is 2.14. The van der Waals surface area contributed by atoms with Crippen molar-refractivity contribution in [2.24, 2.45) is 0 Å².